The van der Waals surface area contributed by atoms with Gasteiger partial charge in [0.05, 0.1) is 5.52 Å². The molecule has 0 fully saturated rings. The summed E-state index contributed by atoms with van der Waals surface area (Å²) in [5, 5.41) is 6.19. The van der Waals surface area contributed by atoms with Gasteiger partial charge in [-0.2, -0.15) is 5.10 Å². The van der Waals surface area contributed by atoms with E-state index in [1.54, 1.807) is 0 Å². The zero-order valence-corrected chi connectivity index (χ0v) is 9.30. The van der Waals surface area contributed by atoms with Gasteiger partial charge in [-0.15, -0.1) is 0 Å². The van der Waals surface area contributed by atoms with Crippen molar-refractivity contribution in [1.82, 2.24) is 9.78 Å². The molecular weight excluding hydrogens is 286 g/mol. The van der Waals surface area contributed by atoms with Gasteiger partial charge in [0.25, 0.3) is 0 Å². The van der Waals surface area contributed by atoms with Crippen LogP contribution in [0.15, 0.2) is 18.2 Å². The molecular formula is C8H6ClIN2. The van der Waals surface area contributed by atoms with Crippen molar-refractivity contribution in [2.24, 2.45) is 7.05 Å². The smallest absolute Gasteiger partial charge is 0.106 e. The summed E-state index contributed by atoms with van der Waals surface area (Å²) in [5.74, 6) is 0. The summed E-state index contributed by atoms with van der Waals surface area (Å²) in [6, 6.07) is 5.75. The predicted octanol–water partition coefficient (Wildman–Crippen LogP) is 2.83. The molecule has 62 valence electrons. The molecule has 0 radical (unpaired) electrons. The molecule has 1 heterocycles. The monoisotopic (exact) mass is 292 g/mol. The second kappa shape index (κ2) is 2.88. The molecule has 0 spiro atoms. The molecule has 0 aliphatic carbocycles. The minimum absolute atomic E-state index is 0.733. The second-order valence-corrected chi connectivity index (χ2v) is 4.03. The molecule has 0 amide bonds. The van der Waals surface area contributed by atoms with Gasteiger partial charge < -0.3 is 0 Å². The molecule has 0 saturated heterocycles. The largest absolute Gasteiger partial charge is 0.261 e. The van der Waals surface area contributed by atoms with E-state index in [2.05, 4.69) is 27.7 Å². The SMILES string of the molecule is Cn1nc2cc(Cl)ccc2c1I. The van der Waals surface area contributed by atoms with Crippen LogP contribution in [-0.4, -0.2) is 9.78 Å². The third-order valence-corrected chi connectivity index (χ3v) is 3.24. The van der Waals surface area contributed by atoms with Gasteiger partial charge in [-0.25, -0.2) is 0 Å². The quantitative estimate of drug-likeness (QED) is 0.683. The first-order valence-corrected chi connectivity index (χ1v) is 4.92. The van der Waals surface area contributed by atoms with Crippen LogP contribution in [0.1, 0.15) is 0 Å². The van der Waals surface area contributed by atoms with Gasteiger partial charge in [0.15, 0.2) is 0 Å². The molecule has 0 unspecified atom stereocenters. The lowest BCUT2D eigenvalue weighted by Crippen LogP contribution is -1.91. The molecule has 2 rings (SSSR count). The summed E-state index contributed by atoms with van der Waals surface area (Å²) >= 11 is 8.10. The highest BCUT2D eigenvalue weighted by Crippen LogP contribution is 2.22. The summed E-state index contributed by atoms with van der Waals surface area (Å²) in [4.78, 5) is 0. The summed E-state index contributed by atoms with van der Waals surface area (Å²) in [6.45, 7) is 0. The van der Waals surface area contributed by atoms with Crippen LogP contribution in [0.3, 0.4) is 0 Å². The summed E-state index contributed by atoms with van der Waals surface area (Å²) in [6.07, 6.45) is 0. The van der Waals surface area contributed by atoms with Crippen LogP contribution < -0.4 is 0 Å². The number of nitrogens with zero attached hydrogens (tertiary/aromatic N) is 2. The van der Waals surface area contributed by atoms with Crippen molar-refractivity contribution >= 4 is 45.1 Å². The molecule has 12 heavy (non-hydrogen) atoms. The lowest BCUT2D eigenvalue weighted by Gasteiger charge is -1.89. The number of benzene rings is 1. The van der Waals surface area contributed by atoms with Gasteiger partial charge in [-0.05, 0) is 40.8 Å². The van der Waals surface area contributed by atoms with Gasteiger partial charge >= 0.3 is 0 Å². The Bertz CT molecular complexity index is 436. The normalized spacial score (nSPS) is 10.9. The molecule has 4 heteroatoms. The lowest BCUT2D eigenvalue weighted by molar-refractivity contribution is 0.759. The summed E-state index contributed by atoms with van der Waals surface area (Å²) in [5.41, 5.74) is 0.953. The van der Waals surface area contributed by atoms with Crippen LogP contribution in [0.5, 0.6) is 0 Å². The van der Waals surface area contributed by atoms with Gasteiger partial charge in [0, 0.05) is 17.5 Å². The fourth-order valence-corrected chi connectivity index (χ4v) is 1.87. The topological polar surface area (TPSA) is 17.8 Å². The number of hydrogen-bond acceptors (Lipinski definition) is 1. The lowest BCUT2D eigenvalue weighted by atomic mass is 10.3. The Morgan fingerprint density at radius 3 is 3.00 bits per heavy atom. The summed E-state index contributed by atoms with van der Waals surface area (Å²) in [7, 11) is 1.93. The van der Waals surface area contributed by atoms with Crippen molar-refractivity contribution in [3.8, 4) is 0 Å². The molecule has 0 atom stereocenters. The van der Waals surface area contributed by atoms with Gasteiger partial charge in [0.2, 0.25) is 0 Å². The number of halogens is 2. The van der Waals surface area contributed by atoms with Crippen molar-refractivity contribution in [2.75, 3.05) is 0 Å². The maximum atomic E-state index is 5.83. The van der Waals surface area contributed by atoms with Crippen LogP contribution >= 0.6 is 34.2 Å². The number of hydrogen-bond donors (Lipinski definition) is 0. The molecule has 1 aromatic heterocycles. The third kappa shape index (κ3) is 1.21. The Labute approximate surface area is 88.7 Å². The number of rotatable bonds is 0. The van der Waals surface area contributed by atoms with Crippen molar-refractivity contribution in [2.45, 2.75) is 0 Å². The zero-order chi connectivity index (χ0) is 8.72. The van der Waals surface area contributed by atoms with Crippen LogP contribution in [-0.2, 0) is 7.05 Å². The van der Waals surface area contributed by atoms with Crippen molar-refractivity contribution < 1.29 is 0 Å². The van der Waals surface area contributed by atoms with E-state index in [9.17, 15) is 0 Å². The summed E-state index contributed by atoms with van der Waals surface area (Å²) < 4.78 is 2.99. The van der Waals surface area contributed by atoms with Gasteiger partial charge in [-0.1, -0.05) is 11.6 Å². The molecule has 0 bridgehead atoms. The second-order valence-electron chi connectivity index (χ2n) is 2.58. The van der Waals surface area contributed by atoms with Crippen LogP contribution in [0.25, 0.3) is 10.9 Å². The fourth-order valence-electron chi connectivity index (χ4n) is 1.14. The first kappa shape index (κ1) is 8.31. The van der Waals surface area contributed by atoms with E-state index in [4.69, 9.17) is 11.6 Å². The Hall–Kier alpha value is -0.290. The van der Waals surface area contributed by atoms with E-state index in [-0.39, 0.29) is 0 Å². The standard InChI is InChI=1S/C8H6ClIN2/c1-12-8(10)6-3-2-5(9)4-7(6)11-12/h2-4H,1H3. The highest BCUT2D eigenvalue weighted by Gasteiger charge is 2.04. The first-order valence-electron chi connectivity index (χ1n) is 3.46. The maximum Gasteiger partial charge on any atom is 0.106 e. The highest BCUT2D eigenvalue weighted by molar-refractivity contribution is 14.1. The van der Waals surface area contributed by atoms with E-state index in [1.165, 1.54) is 0 Å². The van der Waals surface area contributed by atoms with Crippen molar-refractivity contribution in [1.29, 1.82) is 0 Å². The number of fused-ring (bicyclic) bond motifs is 1. The average molecular weight is 293 g/mol. The van der Waals surface area contributed by atoms with Crippen molar-refractivity contribution in [3.63, 3.8) is 0 Å². The van der Waals surface area contributed by atoms with Gasteiger partial charge in [-0.3, -0.25) is 4.68 Å². The van der Waals surface area contributed by atoms with E-state index in [0.717, 1.165) is 19.6 Å². The molecule has 0 aliphatic rings. The molecule has 0 N–H and O–H groups in total. The van der Waals surface area contributed by atoms with Crippen LogP contribution in [0, 0.1) is 3.70 Å². The number of aryl methyl sites for hydroxylation is 1. The molecule has 2 aromatic rings. The van der Waals surface area contributed by atoms with Crippen LogP contribution in [0.2, 0.25) is 5.02 Å². The zero-order valence-electron chi connectivity index (χ0n) is 6.38. The average Bonchev–Trinajstić information content (AvgIpc) is 2.28. The molecule has 1 aromatic carbocycles. The predicted molar refractivity (Wildman–Crippen MR) is 58.4 cm³/mol. The maximum absolute atomic E-state index is 5.83. The first-order chi connectivity index (χ1) is 5.68. The minimum Gasteiger partial charge on any atom is -0.261 e. The number of aromatic nitrogens is 2. The van der Waals surface area contributed by atoms with E-state index < -0.39 is 0 Å². The van der Waals surface area contributed by atoms with E-state index in [1.807, 2.05) is 29.9 Å². The Kier molecular flexibility index (Phi) is 2.00. The highest BCUT2D eigenvalue weighted by atomic mass is 127. The molecule has 2 nitrogen and oxygen atoms in total. The van der Waals surface area contributed by atoms with E-state index in [0.29, 0.717) is 0 Å². The fraction of sp³-hybridized carbons (Fsp3) is 0.125. The van der Waals surface area contributed by atoms with Gasteiger partial charge in [0.1, 0.15) is 3.70 Å². The Morgan fingerprint density at radius 2 is 2.25 bits per heavy atom. The van der Waals surface area contributed by atoms with E-state index >= 15 is 0 Å². The third-order valence-electron chi connectivity index (χ3n) is 1.72. The molecule has 0 aliphatic heterocycles. The van der Waals surface area contributed by atoms with Crippen LogP contribution in [0.4, 0.5) is 0 Å². The van der Waals surface area contributed by atoms with Crippen molar-refractivity contribution in [3.05, 3.63) is 26.9 Å². The minimum atomic E-state index is 0.733. The Morgan fingerprint density at radius 1 is 1.50 bits per heavy atom. The molecule has 0 saturated carbocycles. The Balaban J connectivity index is 2.87.